The normalized spacial score (nSPS) is 14.7. The van der Waals surface area contributed by atoms with Crippen LogP contribution in [0.4, 0.5) is 0 Å². The average Bonchev–Trinajstić information content (AvgIpc) is 3.24. The first-order valence-corrected chi connectivity index (χ1v) is 11.5. The molecule has 0 saturated heterocycles. The molecule has 1 saturated carbocycles. The molecular weight excluding hydrogens is 388 g/mol. The van der Waals surface area contributed by atoms with Crippen LogP contribution in [0.1, 0.15) is 43.0 Å². The molecule has 4 rings (SSSR count). The molecule has 3 aromatic rings. The summed E-state index contributed by atoms with van der Waals surface area (Å²) in [6.45, 7) is 1.80. The molecule has 0 radical (unpaired) electrons. The first-order chi connectivity index (χ1) is 14.7. The van der Waals surface area contributed by atoms with E-state index in [1.54, 1.807) is 6.92 Å². The van der Waals surface area contributed by atoms with Crippen molar-refractivity contribution < 1.29 is 9.53 Å². The average molecular weight is 414 g/mol. The van der Waals surface area contributed by atoms with E-state index in [2.05, 4.69) is 60.4 Å². The molecule has 0 heterocycles. The fourth-order valence-electron chi connectivity index (χ4n) is 3.91. The van der Waals surface area contributed by atoms with E-state index in [9.17, 15) is 4.79 Å². The molecule has 0 aromatic heterocycles. The molecule has 1 aliphatic carbocycles. The number of hydrogen-bond acceptors (Lipinski definition) is 2. The molecule has 0 aliphatic heterocycles. The van der Waals surface area contributed by atoms with Gasteiger partial charge >= 0.3 is 5.97 Å². The lowest BCUT2D eigenvalue weighted by molar-refractivity contribution is 0.0103. The van der Waals surface area contributed by atoms with Crippen molar-refractivity contribution in [1.29, 1.82) is 0 Å². The number of hydrogen-bond donors (Lipinski definition) is 0. The smallest absolute Gasteiger partial charge is 0.339 e. The minimum Gasteiger partial charge on any atom is -0.442 e. The molecule has 0 spiro atoms. The summed E-state index contributed by atoms with van der Waals surface area (Å²) in [6.07, 6.45) is 3.75. The summed E-state index contributed by atoms with van der Waals surface area (Å²) >= 11 is 0. The van der Waals surface area contributed by atoms with Crippen molar-refractivity contribution in [2.75, 3.05) is 0 Å². The van der Waals surface area contributed by atoms with Crippen LogP contribution in [-0.2, 0) is 15.6 Å². The number of esters is 1. The largest absolute Gasteiger partial charge is 0.442 e. The minimum atomic E-state index is -0.608. The minimum absolute atomic E-state index is 0.226. The molecule has 0 amide bonds. The Bertz CT molecular complexity index is 1000. The van der Waals surface area contributed by atoms with Crippen LogP contribution in [0.5, 0.6) is 0 Å². The maximum atomic E-state index is 12.8. The van der Waals surface area contributed by atoms with Gasteiger partial charge in [-0.3, -0.25) is 0 Å². The lowest BCUT2D eigenvalue weighted by Gasteiger charge is -2.23. The van der Waals surface area contributed by atoms with Crippen LogP contribution in [0.2, 0.25) is 0 Å². The number of ether oxygens (including phenoxy) is 1. The second kappa shape index (κ2) is 9.24. The van der Waals surface area contributed by atoms with E-state index in [1.807, 2.05) is 36.4 Å². The van der Waals surface area contributed by atoms with Crippen molar-refractivity contribution >= 4 is 16.9 Å². The van der Waals surface area contributed by atoms with E-state index in [4.69, 9.17) is 4.74 Å². The number of carbonyl (C=O) groups excluding carboxylic acids is 1. The van der Waals surface area contributed by atoms with Crippen LogP contribution in [0.25, 0.3) is 0 Å². The van der Waals surface area contributed by atoms with Gasteiger partial charge in [-0.25, -0.2) is 4.79 Å². The first kappa shape index (κ1) is 20.3. The van der Waals surface area contributed by atoms with Crippen molar-refractivity contribution in [3.05, 3.63) is 90.5 Å². The monoisotopic (exact) mass is 413 g/mol. The fraction of sp³-hybridized carbons (Fsp3) is 0.222. The van der Waals surface area contributed by atoms with Crippen LogP contribution in [0.15, 0.2) is 99.6 Å². The van der Waals surface area contributed by atoms with Crippen LogP contribution in [0.3, 0.4) is 0 Å². The highest BCUT2D eigenvalue weighted by molar-refractivity contribution is 7.97. The zero-order chi connectivity index (χ0) is 20.8. The van der Waals surface area contributed by atoms with Crippen molar-refractivity contribution in [1.82, 2.24) is 0 Å². The van der Waals surface area contributed by atoms with Gasteiger partial charge < -0.3 is 4.74 Å². The molecule has 1 aliphatic rings. The van der Waals surface area contributed by atoms with Crippen LogP contribution >= 0.6 is 0 Å². The Labute approximate surface area is 181 Å². The molecule has 3 aromatic carbocycles. The third kappa shape index (κ3) is 4.45. The van der Waals surface area contributed by atoms with Gasteiger partial charge in [-0.2, -0.15) is 0 Å². The summed E-state index contributed by atoms with van der Waals surface area (Å²) < 4.78 is 5.88. The SMILES string of the molecule is CC#CC1(OC(=O)c2ccc([S+](c3ccccc3)c3ccccc3)cc2)CCCC1. The van der Waals surface area contributed by atoms with E-state index in [1.165, 1.54) is 14.7 Å². The van der Waals surface area contributed by atoms with Crippen LogP contribution in [0, 0.1) is 11.8 Å². The van der Waals surface area contributed by atoms with E-state index >= 15 is 0 Å². The highest BCUT2D eigenvalue weighted by Gasteiger charge is 2.36. The summed E-state index contributed by atoms with van der Waals surface area (Å²) in [5.41, 5.74) is -0.0318. The highest BCUT2D eigenvalue weighted by Crippen LogP contribution is 2.34. The molecule has 1 fully saturated rings. The van der Waals surface area contributed by atoms with E-state index in [0.29, 0.717) is 5.56 Å². The second-order valence-electron chi connectivity index (χ2n) is 7.42. The molecular formula is C27H25O2S+. The molecule has 0 unspecified atom stereocenters. The van der Waals surface area contributed by atoms with Crippen LogP contribution < -0.4 is 0 Å². The number of benzene rings is 3. The molecule has 30 heavy (non-hydrogen) atoms. The summed E-state index contributed by atoms with van der Waals surface area (Å²) in [5.74, 6) is 5.79. The lowest BCUT2D eigenvalue weighted by Crippen LogP contribution is -2.30. The van der Waals surface area contributed by atoms with Crippen molar-refractivity contribution in [2.24, 2.45) is 0 Å². The molecule has 2 nitrogen and oxygen atoms in total. The standard InChI is InChI=1S/C27H25O2S/c1-2-19-27(20-9-10-21-27)29-26(28)22-15-17-25(18-16-22)30(23-11-5-3-6-12-23)24-13-7-4-8-14-24/h3-8,11-18H,9-10,20-21H2,1H3/q+1. The number of carbonyl (C=O) groups is 1. The quantitative estimate of drug-likeness (QED) is 0.280. The Morgan fingerprint density at radius 2 is 1.30 bits per heavy atom. The Morgan fingerprint density at radius 3 is 1.80 bits per heavy atom. The Hall–Kier alpha value is -2.96. The van der Waals surface area contributed by atoms with E-state index in [-0.39, 0.29) is 16.9 Å². The summed E-state index contributed by atoms with van der Waals surface area (Å²) in [7, 11) is -0.226. The molecule has 0 bridgehead atoms. The predicted octanol–water partition coefficient (Wildman–Crippen LogP) is 6.27. The first-order valence-electron chi connectivity index (χ1n) is 10.3. The fourth-order valence-corrected chi connectivity index (χ4v) is 5.99. The van der Waals surface area contributed by atoms with Crippen molar-refractivity contribution in [3.8, 4) is 11.8 Å². The van der Waals surface area contributed by atoms with Gasteiger partial charge in [0.1, 0.15) is 0 Å². The second-order valence-corrected chi connectivity index (χ2v) is 9.45. The van der Waals surface area contributed by atoms with Crippen molar-refractivity contribution in [3.63, 3.8) is 0 Å². The van der Waals surface area contributed by atoms with Crippen molar-refractivity contribution in [2.45, 2.75) is 52.9 Å². The van der Waals surface area contributed by atoms with Gasteiger partial charge in [0.15, 0.2) is 20.3 Å². The van der Waals surface area contributed by atoms with Gasteiger partial charge in [0.25, 0.3) is 0 Å². The third-order valence-electron chi connectivity index (χ3n) is 5.34. The van der Waals surface area contributed by atoms with Gasteiger partial charge in [0.05, 0.1) is 16.5 Å². The molecule has 0 atom stereocenters. The molecule has 3 heteroatoms. The Morgan fingerprint density at radius 1 is 0.800 bits per heavy atom. The maximum Gasteiger partial charge on any atom is 0.339 e. The third-order valence-corrected chi connectivity index (χ3v) is 7.57. The predicted molar refractivity (Wildman–Crippen MR) is 122 cm³/mol. The zero-order valence-electron chi connectivity index (χ0n) is 17.1. The Kier molecular flexibility index (Phi) is 6.26. The summed E-state index contributed by atoms with van der Waals surface area (Å²) in [4.78, 5) is 16.5. The van der Waals surface area contributed by atoms with Gasteiger partial charge in [-0.05, 0) is 81.1 Å². The van der Waals surface area contributed by atoms with Gasteiger partial charge in [-0.1, -0.05) is 42.3 Å². The Balaban J connectivity index is 1.61. The van der Waals surface area contributed by atoms with Crippen LogP contribution in [-0.4, -0.2) is 11.6 Å². The topological polar surface area (TPSA) is 26.3 Å². The molecule has 150 valence electrons. The van der Waals surface area contributed by atoms with E-state index < -0.39 is 5.60 Å². The molecule has 0 N–H and O–H groups in total. The van der Waals surface area contributed by atoms with Gasteiger partial charge in [0, 0.05) is 0 Å². The van der Waals surface area contributed by atoms with Gasteiger partial charge in [-0.15, -0.1) is 5.92 Å². The highest BCUT2D eigenvalue weighted by atomic mass is 32.2. The summed E-state index contributed by atoms with van der Waals surface area (Å²) in [6, 6.07) is 28.8. The maximum absolute atomic E-state index is 12.8. The lowest BCUT2D eigenvalue weighted by atomic mass is 10.0. The van der Waals surface area contributed by atoms with Gasteiger partial charge in [0.2, 0.25) is 0 Å². The zero-order valence-corrected chi connectivity index (χ0v) is 18.0. The summed E-state index contributed by atoms with van der Waals surface area (Å²) in [5, 5.41) is 0. The number of rotatable bonds is 5. The van der Waals surface area contributed by atoms with E-state index in [0.717, 1.165) is 25.7 Å².